The normalized spacial score (nSPS) is 16.3. The Balaban J connectivity index is 1.36. The van der Waals surface area contributed by atoms with Gasteiger partial charge in [0.2, 0.25) is 0 Å². The highest BCUT2D eigenvalue weighted by atomic mass is 16.2. The van der Waals surface area contributed by atoms with Gasteiger partial charge in [0.1, 0.15) is 0 Å². The summed E-state index contributed by atoms with van der Waals surface area (Å²) in [6.45, 7) is 5.45. The number of benzene rings is 2. The molecule has 1 saturated heterocycles. The molecule has 148 valence electrons. The first kappa shape index (κ1) is 20.1. The Labute approximate surface area is 167 Å². The second-order valence-electron chi connectivity index (χ2n) is 7.52. The summed E-state index contributed by atoms with van der Waals surface area (Å²) >= 11 is 0. The van der Waals surface area contributed by atoms with Crippen LogP contribution >= 0.6 is 0 Å². The average molecular weight is 380 g/mol. The summed E-state index contributed by atoms with van der Waals surface area (Å²) in [7, 11) is 0. The van der Waals surface area contributed by atoms with E-state index in [-0.39, 0.29) is 6.04 Å². The van der Waals surface area contributed by atoms with Crippen LogP contribution in [0.2, 0.25) is 0 Å². The molecule has 5 heteroatoms. The fourth-order valence-electron chi connectivity index (χ4n) is 3.59. The van der Waals surface area contributed by atoms with Gasteiger partial charge in [0.25, 0.3) is 0 Å². The Morgan fingerprint density at radius 3 is 2.21 bits per heavy atom. The lowest BCUT2D eigenvalue weighted by atomic mass is 9.96. The SMILES string of the molecule is CC(NC(=O)C(=O)NCC1CCN(Cc2ccccc2)CC1)c1ccccc1. The zero-order valence-corrected chi connectivity index (χ0v) is 16.4. The molecule has 2 aromatic rings. The monoisotopic (exact) mass is 379 g/mol. The number of carbonyl (C=O) groups is 2. The van der Waals surface area contributed by atoms with Gasteiger partial charge >= 0.3 is 11.8 Å². The second-order valence-corrected chi connectivity index (χ2v) is 7.52. The fraction of sp³-hybridized carbons (Fsp3) is 0.391. The van der Waals surface area contributed by atoms with Crippen molar-refractivity contribution in [3.8, 4) is 0 Å². The topological polar surface area (TPSA) is 61.4 Å². The molecular weight excluding hydrogens is 350 g/mol. The van der Waals surface area contributed by atoms with Crippen LogP contribution in [0.15, 0.2) is 60.7 Å². The molecule has 0 aliphatic carbocycles. The molecule has 3 rings (SSSR count). The highest BCUT2D eigenvalue weighted by molar-refractivity contribution is 6.35. The highest BCUT2D eigenvalue weighted by Crippen LogP contribution is 2.18. The Morgan fingerprint density at radius 2 is 1.57 bits per heavy atom. The molecule has 0 aromatic heterocycles. The summed E-state index contributed by atoms with van der Waals surface area (Å²) in [4.78, 5) is 26.7. The molecule has 0 bridgehead atoms. The Kier molecular flexibility index (Phi) is 7.20. The number of hydrogen-bond donors (Lipinski definition) is 2. The minimum Gasteiger partial charge on any atom is -0.348 e. The number of nitrogens with zero attached hydrogens (tertiary/aromatic N) is 1. The number of hydrogen-bond acceptors (Lipinski definition) is 3. The molecule has 1 atom stereocenters. The van der Waals surface area contributed by atoms with E-state index in [0.29, 0.717) is 12.5 Å². The molecule has 1 aliphatic heterocycles. The molecule has 5 nitrogen and oxygen atoms in total. The molecule has 1 fully saturated rings. The van der Waals surface area contributed by atoms with Crippen LogP contribution in [-0.4, -0.2) is 36.3 Å². The van der Waals surface area contributed by atoms with Gasteiger partial charge in [0.05, 0.1) is 6.04 Å². The lowest BCUT2D eigenvalue weighted by Gasteiger charge is -2.32. The molecule has 2 amide bonds. The lowest BCUT2D eigenvalue weighted by Crippen LogP contribution is -2.44. The number of likely N-dealkylation sites (tertiary alicyclic amines) is 1. The van der Waals surface area contributed by atoms with Gasteiger partial charge in [-0.05, 0) is 49.9 Å². The van der Waals surface area contributed by atoms with Crippen molar-refractivity contribution < 1.29 is 9.59 Å². The third-order valence-electron chi connectivity index (χ3n) is 5.36. The Bertz CT molecular complexity index is 756. The predicted octanol–water partition coefficient (Wildman–Crippen LogP) is 2.89. The molecule has 0 radical (unpaired) electrons. The first-order valence-corrected chi connectivity index (χ1v) is 10.0. The third-order valence-corrected chi connectivity index (χ3v) is 5.36. The standard InChI is InChI=1S/C23H29N3O2/c1-18(21-10-6-3-7-11-21)25-23(28)22(27)24-16-19-12-14-26(15-13-19)17-20-8-4-2-5-9-20/h2-11,18-19H,12-17H2,1H3,(H,24,27)(H,25,28). The van der Waals surface area contributed by atoms with Gasteiger partial charge in [-0.25, -0.2) is 0 Å². The van der Waals surface area contributed by atoms with Crippen molar-refractivity contribution in [3.05, 3.63) is 71.8 Å². The zero-order chi connectivity index (χ0) is 19.8. The van der Waals surface area contributed by atoms with Gasteiger partial charge in [-0.15, -0.1) is 0 Å². The van der Waals surface area contributed by atoms with Gasteiger partial charge < -0.3 is 10.6 Å². The van der Waals surface area contributed by atoms with Crippen LogP contribution in [0.25, 0.3) is 0 Å². The maximum Gasteiger partial charge on any atom is 0.309 e. The maximum absolute atomic E-state index is 12.1. The molecule has 1 unspecified atom stereocenters. The third kappa shape index (κ3) is 5.92. The van der Waals surface area contributed by atoms with Crippen molar-refractivity contribution in [1.29, 1.82) is 0 Å². The van der Waals surface area contributed by atoms with E-state index in [1.165, 1.54) is 5.56 Å². The molecule has 0 saturated carbocycles. The molecule has 0 spiro atoms. The second kappa shape index (κ2) is 10.0. The summed E-state index contributed by atoms with van der Waals surface area (Å²) in [6, 6.07) is 19.9. The van der Waals surface area contributed by atoms with Crippen LogP contribution in [0, 0.1) is 5.92 Å². The fourth-order valence-corrected chi connectivity index (χ4v) is 3.59. The quantitative estimate of drug-likeness (QED) is 0.759. The van der Waals surface area contributed by atoms with E-state index >= 15 is 0 Å². The van der Waals surface area contributed by atoms with E-state index in [9.17, 15) is 9.59 Å². The molecule has 2 N–H and O–H groups in total. The smallest absolute Gasteiger partial charge is 0.309 e. The minimum atomic E-state index is -0.571. The van der Waals surface area contributed by atoms with Crippen molar-refractivity contribution in [2.24, 2.45) is 5.92 Å². The zero-order valence-electron chi connectivity index (χ0n) is 16.4. The van der Waals surface area contributed by atoms with Gasteiger partial charge in [-0.3, -0.25) is 14.5 Å². The van der Waals surface area contributed by atoms with Crippen LogP contribution in [0.4, 0.5) is 0 Å². The number of nitrogens with one attached hydrogen (secondary N) is 2. The van der Waals surface area contributed by atoms with Crippen LogP contribution < -0.4 is 10.6 Å². The summed E-state index contributed by atoms with van der Waals surface area (Å²) in [5.41, 5.74) is 2.31. The van der Waals surface area contributed by atoms with E-state index in [0.717, 1.165) is 38.0 Å². The summed E-state index contributed by atoms with van der Waals surface area (Å²) in [5, 5.41) is 5.56. The molecule has 1 heterocycles. The Hall–Kier alpha value is -2.66. The van der Waals surface area contributed by atoms with Gasteiger partial charge in [-0.1, -0.05) is 60.7 Å². The number of rotatable bonds is 6. The van der Waals surface area contributed by atoms with Crippen molar-refractivity contribution in [1.82, 2.24) is 15.5 Å². The van der Waals surface area contributed by atoms with Crippen molar-refractivity contribution in [3.63, 3.8) is 0 Å². The number of amides is 2. The number of piperidine rings is 1. The number of carbonyl (C=O) groups excluding carboxylic acids is 2. The average Bonchev–Trinajstić information content (AvgIpc) is 2.74. The molecular formula is C23H29N3O2. The summed E-state index contributed by atoms with van der Waals surface area (Å²) < 4.78 is 0. The van der Waals surface area contributed by atoms with E-state index < -0.39 is 11.8 Å². The predicted molar refractivity (Wildman–Crippen MR) is 110 cm³/mol. The van der Waals surface area contributed by atoms with Crippen LogP contribution in [0.1, 0.15) is 36.9 Å². The molecule has 28 heavy (non-hydrogen) atoms. The van der Waals surface area contributed by atoms with Gasteiger partial charge in [0, 0.05) is 13.1 Å². The van der Waals surface area contributed by atoms with Crippen molar-refractivity contribution in [2.45, 2.75) is 32.4 Å². The maximum atomic E-state index is 12.1. The molecule has 2 aromatic carbocycles. The van der Waals surface area contributed by atoms with Crippen molar-refractivity contribution >= 4 is 11.8 Å². The largest absolute Gasteiger partial charge is 0.348 e. The summed E-state index contributed by atoms with van der Waals surface area (Å²) in [5.74, 6) is -0.692. The van der Waals surface area contributed by atoms with E-state index in [2.05, 4.69) is 39.8 Å². The van der Waals surface area contributed by atoms with Gasteiger partial charge in [-0.2, -0.15) is 0 Å². The lowest BCUT2D eigenvalue weighted by molar-refractivity contribution is -0.139. The first-order valence-electron chi connectivity index (χ1n) is 10.0. The van der Waals surface area contributed by atoms with Crippen LogP contribution in [-0.2, 0) is 16.1 Å². The minimum absolute atomic E-state index is 0.194. The van der Waals surface area contributed by atoms with Gasteiger partial charge in [0.15, 0.2) is 0 Å². The highest BCUT2D eigenvalue weighted by Gasteiger charge is 2.22. The van der Waals surface area contributed by atoms with Crippen molar-refractivity contribution in [2.75, 3.05) is 19.6 Å². The van der Waals surface area contributed by atoms with Crippen LogP contribution in [0.3, 0.4) is 0 Å². The Morgan fingerprint density at radius 1 is 0.964 bits per heavy atom. The van der Waals surface area contributed by atoms with E-state index in [4.69, 9.17) is 0 Å². The van der Waals surface area contributed by atoms with E-state index in [1.807, 2.05) is 43.3 Å². The van der Waals surface area contributed by atoms with Crippen LogP contribution in [0.5, 0.6) is 0 Å². The van der Waals surface area contributed by atoms with E-state index in [1.54, 1.807) is 0 Å². The summed E-state index contributed by atoms with van der Waals surface area (Å²) in [6.07, 6.45) is 2.07. The first-order chi connectivity index (χ1) is 13.6. The molecule has 1 aliphatic rings.